The summed E-state index contributed by atoms with van der Waals surface area (Å²) in [5, 5.41) is 20.6. The third-order valence-corrected chi connectivity index (χ3v) is 2.34. The van der Waals surface area contributed by atoms with Crippen LogP contribution >= 0.6 is 0 Å². The maximum atomic E-state index is 13.3. The molecule has 3 N–H and O–H groups in total. The molecule has 1 atom stereocenters. The van der Waals surface area contributed by atoms with Crippen molar-refractivity contribution in [2.45, 2.75) is 19.1 Å². The van der Waals surface area contributed by atoms with Gasteiger partial charge in [-0.2, -0.15) is 0 Å². The molecule has 0 fully saturated rings. The Bertz CT molecular complexity index is 411. The van der Waals surface area contributed by atoms with Gasteiger partial charge in [0.05, 0.1) is 19.6 Å². The van der Waals surface area contributed by atoms with Crippen LogP contribution in [0.25, 0.3) is 0 Å². The lowest BCUT2D eigenvalue weighted by atomic mass is 10.2. The highest BCUT2D eigenvalue weighted by atomic mass is 19.1. The first-order valence-corrected chi connectivity index (χ1v) is 5.46. The van der Waals surface area contributed by atoms with Crippen molar-refractivity contribution in [3.8, 4) is 5.75 Å². The molecule has 0 radical (unpaired) electrons. The lowest BCUT2D eigenvalue weighted by Crippen LogP contribution is -2.28. The average Bonchev–Trinajstić information content (AvgIpc) is 2.28. The Morgan fingerprint density at radius 1 is 1.56 bits per heavy atom. The van der Waals surface area contributed by atoms with Gasteiger partial charge in [0.25, 0.3) is 0 Å². The fraction of sp³-hybridized carbons (Fsp3) is 0.417. The van der Waals surface area contributed by atoms with Gasteiger partial charge in [-0.15, -0.1) is 0 Å². The number of aliphatic carboxylic acids is 1. The first kappa shape index (κ1) is 14.4. The number of carboxylic acid groups (broad SMARTS) is 1. The Balaban J connectivity index is 2.40. The van der Waals surface area contributed by atoms with Gasteiger partial charge in [0.15, 0.2) is 11.6 Å². The van der Waals surface area contributed by atoms with Crippen LogP contribution in [0.3, 0.4) is 0 Å². The Hall–Kier alpha value is -1.66. The number of methoxy groups -OCH3 is 1. The number of carbonyl (C=O) groups is 1. The van der Waals surface area contributed by atoms with E-state index in [-0.39, 0.29) is 18.7 Å². The molecule has 0 aromatic heterocycles. The van der Waals surface area contributed by atoms with Crippen molar-refractivity contribution in [2.75, 3.05) is 13.7 Å². The molecular formula is C12H16FNO4. The molecule has 100 valence electrons. The van der Waals surface area contributed by atoms with E-state index >= 15 is 0 Å². The smallest absolute Gasteiger partial charge is 0.306 e. The lowest BCUT2D eigenvalue weighted by Gasteiger charge is -2.10. The minimum atomic E-state index is -1.06. The molecular weight excluding hydrogens is 241 g/mol. The molecule has 0 aliphatic heterocycles. The number of nitrogens with one attached hydrogen (secondary N) is 1. The van der Waals surface area contributed by atoms with Crippen molar-refractivity contribution in [2.24, 2.45) is 0 Å². The Kier molecular flexibility index (Phi) is 5.54. The number of hydrogen-bond donors (Lipinski definition) is 3. The van der Waals surface area contributed by atoms with Crippen molar-refractivity contribution in [3.05, 3.63) is 29.6 Å². The highest BCUT2D eigenvalue weighted by Gasteiger charge is 2.09. The Morgan fingerprint density at radius 3 is 2.83 bits per heavy atom. The number of hydrogen-bond acceptors (Lipinski definition) is 4. The van der Waals surface area contributed by atoms with Crippen LogP contribution in [0, 0.1) is 5.82 Å². The molecule has 0 heterocycles. The zero-order valence-electron chi connectivity index (χ0n) is 10.0. The van der Waals surface area contributed by atoms with Gasteiger partial charge < -0.3 is 20.3 Å². The molecule has 0 aliphatic rings. The summed E-state index contributed by atoms with van der Waals surface area (Å²) in [7, 11) is 1.39. The molecule has 0 saturated carbocycles. The van der Waals surface area contributed by atoms with Gasteiger partial charge in [-0.25, -0.2) is 4.39 Å². The van der Waals surface area contributed by atoms with E-state index in [2.05, 4.69) is 5.32 Å². The monoisotopic (exact) mass is 257 g/mol. The molecule has 0 bridgehead atoms. The van der Waals surface area contributed by atoms with Gasteiger partial charge >= 0.3 is 5.97 Å². The highest BCUT2D eigenvalue weighted by molar-refractivity contribution is 5.67. The van der Waals surface area contributed by atoms with Crippen LogP contribution in [-0.2, 0) is 11.3 Å². The second kappa shape index (κ2) is 6.93. The van der Waals surface area contributed by atoms with Crippen molar-refractivity contribution in [3.63, 3.8) is 0 Å². The normalized spacial score (nSPS) is 12.2. The van der Waals surface area contributed by atoms with Crippen LogP contribution in [0.15, 0.2) is 18.2 Å². The maximum absolute atomic E-state index is 13.3. The van der Waals surface area contributed by atoms with Gasteiger partial charge in [0, 0.05) is 13.1 Å². The van der Waals surface area contributed by atoms with Crippen molar-refractivity contribution in [1.82, 2.24) is 5.32 Å². The summed E-state index contributed by atoms with van der Waals surface area (Å²) in [5.74, 6) is -1.34. The lowest BCUT2D eigenvalue weighted by molar-refractivity contribution is -0.139. The first-order valence-electron chi connectivity index (χ1n) is 5.46. The summed E-state index contributed by atoms with van der Waals surface area (Å²) in [5.41, 5.74) is 0.691. The number of carboxylic acids is 1. The van der Waals surface area contributed by atoms with Gasteiger partial charge in [0.2, 0.25) is 0 Å². The molecule has 18 heavy (non-hydrogen) atoms. The molecule has 1 aromatic carbocycles. The number of aliphatic hydroxyl groups is 1. The van der Waals surface area contributed by atoms with E-state index in [1.807, 2.05) is 0 Å². The van der Waals surface area contributed by atoms with E-state index in [0.29, 0.717) is 12.1 Å². The molecule has 1 aromatic rings. The number of rotatable bonds is 7. The summed E-state index contributed by atoms with van der Waals surface area (Å²) < 4.78 is 18.1. The zero-order valence-corrected chi connectivity index (χ0v) is 10.0. The van der Waals surface area contributed by atoms with E-state index in [9.17, 15) is 14.3 Å². The summed E-state index contributed by atoms with van der Waals surface area (Å²) in [6.45, 7) is 0.484. The molecule has 5 nitrogen and oxygen atoms in total. The molecule has 6 heteroatoms. The topological polar surface area (TPSA) is 78.8 Å². The maximum Gasteiger partial charge on any atom is 0.306 e. The molecule has 1 unspecified atom stereocenters. The van der Waals surface area contributed by atoms with E-state index in [1.165, 1.54) is 19.2 Å². The zero-order chi connectivity index (χ0) is 13.5. The minimum Gasteiger partial charge on any atom is -0.494 e. The van der Waals surface area contributed by atoms with Crippen LogP contribution in [0.4, 0.5) is 4.39 Å². The minimum absolute atomic E-state index is 0.139. The van der Waals surface area contributed by atoms with Gasteiger partial charge in [0.1, 0.15) is 0 Å². The van der Waals surface area contributed by atoms with E-state index in [1.54, 1.807) is 6.07 Å². The van der Waals surface area contributed by atoms with Gasteiger partial charge in [-0.3, -0.25) is 4.79 Å². The Morgan fingerprint density at radius 2 is 2.28 bits per heavy atom. The predicted molar refractivity (Wildman–Crippen MR) is 62.9 cm³/mol. The third kappa shape index (κ3) is 4.68. The van der Waals surface area contributed by atoms with Crippen LogP contribution in [0.2, 0.25) is 0 Å². The summed E-state index contributed by atoms with van der Waals surface area (Å²) in [6, 6.07) is 4.54. The van der Waals surface area contributed by atoms with Crippen molar-refractivity contribution in [1.29, 1.82) is 0 Å². The van der Waals surface area contributed by atoms with Crippen molar-refractivity contribution >= 4 is 5.97 Å². The van der Waals surface area contributed by atoms with Crippen LogP contribution in [0.5, 0.6) is 5.75 Å². The first-order chi connectivity index (χ1) is 8.52. The predicted octanol–water partition coefficient (Wildman–Crippen LogP) is 0.760. The number of halogens is 1. The molecule has 0 saturated heterocycles. The highest BCUT2D eigenvalue weighted by Crippen LogP contribution is 2.17. The standard InChI is InChI=1S/C12H16FNO4/c1-18-11-3-2-8(4-10(11)13)6-14-7-9(15)5-12(16)17/h2-4,9,14-15H,5-7H2,1H3,(H,16,17). The number of benzene rings is 1. The summed E-state index contributed by atoms with van der Waals surface area (Å²) in [4.78, 5) is 10.3. The fourth-order valence-corrected chi connectivity index (χ4v) is 1.48. The number of ether oxygens (including phenoxy) is 1. The largest absolute Gasteiger partial charge is 0.494 e. The second-order valence-electron chi connectivity index (χ2n) is 3.85. The molecule has 0 spiro atoms. The molecule has 0 aliphatic carbocycles. The van der Waals surface area contributed by atoms with Crippen LogP contribution < -0.4 is 10.1 Å². The van der Waals surface area contributed by atoms with E-state index < -0.39 is 17.9 Å². The fourth-order valence-electron chi connectivity index (χ4n) is 1.48. The second-order valence-corrected chi connectivity index (χ2v) is 3.85. The molecule has 0 amide bonds. The summed E-state index contributed by atoms with van der Waals surface area (Å²) >= 11 is 0. The average molecular weight is 257 g/mol. The SMILES string of the molecule is COc1ccc(CNCC(O)CC(=O)O)cc1F. The van der Waals surface area contributed by atoms with Gasteiger partial charge in [-0.1, -0.05) is 6.07 Å². The van der Waals surface area contributed by atoms with Crippen LogP contribution in [-0.4, -0.2) is 35.9 Å². The third-order valence-electron chi connectivity index (χ3n) is 2.34. The number of aliphatic hydroxyl groups excluding tert-OH is 1. The quantitative estimate of drug-likeness (QED) is 0.672. The Labute approximate surface area is 104 Å². The van der Waals surface area contributed by atoms with Gasteiger partial charge in [-0.05, 0) is 17.7 Å². The van der Waals surface area contributed by atoms with E-state index in [0.717, 1.165) is 0 Å². The van der Waals surface area contributed by atoms with Crippen LogP contribution in [0.1, 0.15) is 12.0 Å². The molecule has 1 rings (SSSR count). The van der Waals surface area contributed by atoms with Crippen molar-refractivity contribution < 1.29 is 24.1 Å². The summed E-state index contributed by atoms with van der Waals surface area (Å²) in [6.07, 6.45) is -1.27. The van der Waals surface area contributed by atoms with E-state index in [4.69, 9.17) is 9.84 Å².